The van der Waals surface area contributed by atoms with E-state index in [9.17, 15) is 14.5 Å². The number of hydrogen-bond donors (Lipinski definition) is 6. The van der Waals surface area contributed by atoms with E-state index in [4.69, 9.17) is 20.7 Å². The Morgan fingerprint density at radius 2 is 1.95 bits per heavy atom. The van der Waals surface area contributed by atoms with E-state index in [-0.39, 0.29) is 17.4 Å². The average molecular weight is 342 g/mol. The van der Waals surface area contributed by atoms with E-state index in [1.54, 1.807) is 0 Å². The van der Waals surface area contributed by atoms with Crippen molar-refractivity contribution in [3.8, 4) is 11.5 Å². The number of hydrogen-bond acceptors (Lipinski definition) is 6. The summed E-state index contributed by atoms with van der Waals surface area (Å²) in [5, 5.41) is 18.6. The van der Waals surface area contributed by atoms with Crippen LogP contribution in [0.25, 0.3) is 0 Å². The molecule has 0 bridgehead atoms. The monoisotopic (exact) mass is 342 g/mol. The molecule has 0 heterocycles. The highest BCUT2D eigenvalue weighted by molar-refractivity contribution is 7.46. The maximum Gasteiger partial charge on any atom is 0.524 e. The van der Waals surface area contributed by atoms with Gasteiger partial charge in [-0.1, -0.05) is 6.07 Å². The van der Waals surface area contributed by atoms with E-state index in [1.807, 2.05) is 0 Å². The molecule has 0 spiro atoms. The van der Waals surface area contributed by atoms with E-state index in [0.29, 0.717) is 5.56 Å². The zero-order chi connectivity index (χ0) is 15.6. The van der Waals surface area contributed by atoms with Gasteiger partial charge in [0.25, 0.3) is 0 Å². The summed E-state index contributed by atoms with van der Waals surface area (Å²) in [6.07, 6.45) is -0.0530. The Bertz CT molecular complexity index is 561. The summed E-state index contributed by atoms with van der Waals surface area (Å²) in [7, 11) is -4.78. The fourth-order valence-corrected chi connectivity index (χ4v) is 1.89. The summed E-state index contributed by atoms with van der Waals surface area (Å²) in [5.74, 6) is 3.08. The standard InChI is InChI=1S/C10H15N2O7P.2H2O/c1-10(12-11,9(14)15)5-6-2-3-8(7(13)4-6)19-20(16,17)18;;/h2-4,12-13H,5,11H2,1H3,(H,14,15)(H2,16,17,18);2*1H2/t10-;;/m0../s1. The van der Waals surface area contributed by atoms with Gasteiger partial charge < -0.3 is 25.7 Å². The number of phenolic OH excluding ortho intramolecular Hbond substituents is 1. The Morgan fingerprint density at radius 3 is 2.32 bits per heavy atom. The highest BCUT2D eigenvalue weighted by Crippen LogP contribution is 2.41. The molecule has 0 saturated carbocycles. The van der Waals surface area contributed by atoms with Crippen LogP contribution in [0.3, 0.4) is 0 Å². The number of rotatable bonds is 6. The molecular formula is C10H19N2O9P. The summed E-state index contributed by atoms with van der Waals surface area (Å²) in [5.41, 5.74) is 1.11. The Labute approximate surface area is 125 Å². The van der Waals surface area contributed by atoms with E-state index < -0.39 is 30.8 Å². The molecule has 0 saturated heterocycles. The molecule has 22 heavy (non-hydrogen) atoms. The molecule has 11 N–H and O–H groups in total. The van der Waals surface area contributed by atoms with Gasteiger partial charge in [0, 0.05) is 6.42 Å². The van der Waals surface area contributed by atoms with Crippen LogP contribution in [0.5, 0.6) is 11.5 Å². The second-order valence-electron chi connectivity index (χ2n) is 4.34. The van der Waals surface area contributed by atoms with Crippen LogP contribution in [-0.4, -0.2) is 42.5 Å². The largest absolute Gasteiger partial charge is 0.524 e. The molecule has 1 aromatic rings. The Hall–Kier alpha value is -1.72. The first-order valence-electron chi connectivity index (χ1n) is 5.35. The van der Waals surface area contributed by atoms with Crippen LogP contribution in [0, 0.1) is 0 Å². The Balaban J connectivity index is 0. The number of nitrogens with two attached hydrogens (primary N) is 1. The van der Waals surface area contributed by atoms with Crippen molar-refractivity contribution in [3.05, 3.63) is 23.8 Å². The zero-order valence-electron chi connectivity index (χ0n) is 11.5. The van der Waals surface area contributed by atoms with Crippen LogP contribution in [0.4, 0.5) is 0 Å². The highest BCUT2D eigenvalue weighted by Gasteiger charge is 2.32. The van der Waals surface area contributed by atoms with Gasteiger partial charge in [-0.3, -0.25) is 20.4 Å². The number of benzene rings is 1. The Morgan fingerprint density at radius 1 is 1.41 bits per heavy atom. The number of carboxylic acid groups (broad SMARTS) is 1. The van der Waals surface area contributed by atoms with Gasteiger partial charge in [-0.15, -0.1) is 0 Å². The molecule has 1 rings (SSSR count). The molecule has 0 aliphatic carbocycles. The molecule has 0 aliphatic heterocycles. The van der Waals surface area contributed by atoms with Crippen molar-refractivity contribution in [2.24, 2.45) is 5.84 Å². The predicted octanol–water partition coefficient (Wildman–Crippen LogP) is -1.94. The summed E-state index contributed by atoms with van der Waals surface area (Å²) >= 11 is 0. The van der Waals surface area contributed by atoms with Crippen molar-refractivity contribution >= 4 is 13.8 Å². The van der Waals surface area contributed by atoms with Crippen molar-refractivity contribution in [1.82, 2.24) is 5.43 Å². The molecule has 0 aliphatic rings. The smallest absolute Gasteiger partial charge is 0.504 e. The minimum absolute atomic E-state index is 0. The van der Waals surface area contributed by atoms with E-state index in [1.165, 1.54) is 13.0 Å². The highest BCUT2D eigenvalue weighted by atomic mass is 31.2. The Kier molecular flexibility index (Phi) is 8.26. The molecule has 0 aromatic heterocycles. The van der Waals surface area contributed by atoms with Crippen molar-refractivity contribution in [1.29, 1.82) is 0 Å². The average Bonchev–Trinajstić information content (AvgIpc) is 2.31. The lowest BCUT2D eigenvalue weighted by atomic mass is 9.93. The van der Waals surface area contributed by atoms with Crippen molar-refractivity contribution in [3.63, 3.8) is 0 Å². The third kappa shape index (κ3) is 5.95. The third-order valence-corrected chi connectivity index (χ3v) is 3.02. The topological polar surface area (TPSA) is 225 Å². The molecule has 11 nitrogen and oxygen atoms in total. The number of phosphoric acid groups is 1. The van der Waals surface area contributed by atoms with Gasteiger partial charge in [0.2, 0.25) is 0 Å². The molecule has 0 unspecified atom stereocenters. The maximum absolute atomic E-state index is 11.1. The zero-order valence-corrected chi connectivity index (χ0v) is 12.4. The number of phenols is 1. The molecule has 0 fully saturated rings. The quantitative estimate of drug-likeness (QED) is 0.192. The van der Waals surface area contributed by atoms with E-state index in [0.717, 1.165) is 12.1 Å². The van der Waals surface area contributed by atoms with Gasteiger partial charge in [0.05, 0.1) is 0 Å². The van der Waals surface area contributed by atoms with Crippen LogP contribution in [0.15, 0.2) is 18.2 Å². The molecule has 12 heteroatoms. The van der Waals surface area contributed by atoms with E-state index >= 15 is 0 Å². The van der Waals surface area contributed by atoms with E-state index in [2.05, 4.69) is 9.95 Å². The maximum atomic E-state index is 11.1. The summed E-state index contributed by atoms with van der Waals surface area (Å²) in [4.78, 5) is 28.3. The molecule has 1 atom stereocenters. The molecule has 0 radical (unpaired) electrons. The normalized spacial score (nSPS) is 13.3. The number of carbonyl (C=O) groups is 1. The first-order chi connectivity index (χ1) is 9.07. The van der Waals surface area contributed by atoms with Crippen molar-refractivity contribution < 1.29 is 44.8 Å². The van der Waals surface area contributed by atoms with Crippen molar-refractivity contribution in [2.75, 3.05) is 0 Å². The SMILES string of the molecule is C[C@@](Cc1ccc(OP(=O)(O)O)c(O)c1)(NN)C(=O)O.O.O. The van der Waals surface area contributed by atoms with Crippen LogP contribution in [0.2, 0.25) is 0 Å². The van der Waals surface area contributed by atoms with Crippen molar-refractivity contribution in [2.45, 2.75) is 18.9 Å². The lowest BCUT2D eigenvalue weighted by Gasteiger charge is -2.23. The van der Waals surface area contributed by atoms with Gasteiger partial charge in [0.15, 0.2) is 11.5 Å². The molecule has 128 valence electrons. The minimum atomic E-state index is -4.78. The molecule has 1 aromatic carbocycles. The first-order valence-corrected chi connectivity index (χ1v) is 6.88. The number of nitrogens with one attached hydrogen (secondary N) is 1. The number of aliphatic carboxylic acids is 1. The van der Waals surface area contributed by atoms with Crippen LogP contribution < -0.4 is 15.8 Å². The fraction of sp³-hybridized carbons (Fsp3) is 0.300. The molecular weight excluding hydrogens is 323 g/mol. The second kappa shape index (κ2) is 8.06. The minimum Gasteiger partial charge on any atom is -0.504 e. The summed E-state index contributed by atoms with van der Waals surface area (Å²) < 4.78 is 14.9. The lowest BCUT2D eigenvalue weighted by molar-refractivity contribution is -0.144. The first kappa shape index (κ1) is 22.6. The predicted molar refractivity (Wildman–Crippen MR) is 75.1 cm³/mol. The lowest BCUT2D eigenvalue weighted by Crippen LogP contribution is -2.54. The van der Waals surface area contributed by atoms with Gasteiger partial charge >= 0.3 is 13.8 Å². The summed E-state index contributed by atoms with van der Waals surface area (Å²) in [6, 6.07) is 3.63. The number of hydrazine groups is 1. The number of aromatic hydroxyl groups is 1. The fourth-order valence-electron chi connectivity index (χ4n) is 1.47. The van der Waals surface area contributed by atoms with Crippen LogP contribution >= 0.6 is 7.82 Å². The summed E-state index contributed by atoms with van der Waals surface area (Å²) in [6.45, 7) is 1.35. The van der Waals surface area contributed by atoms with Gasteiger partial charge in [-0.2, -0.15) is 0 Å². The van der Waals surface area contributed by atoms with Gasteiger partial charge in [-0.05, 0) is 24.6 Å². The number of carboxylic acids is 1. The van der Waals surface area contributed by atoms with Crippen LogP contribution in [-0.2, 0) is 15.8 Å². The number of phosphoric ester groups is 1. The third-order valence-electron chi connectivity index (χ3n) is 2.59. The van der Waals surface area contributed by atoms with Gasteiger partial charge in [0.1, 0.15) is 5.54 Å². The second-order valence-corrected chi connectivity index (χ2v) is 5.51. The van der Waals surface area contributed by atoms with Crippen LogP contribution in [0.1, 0.15) is 12.5 Å². The molecule has 0 amide bonds. The van der Waals surface area contributed by atoms with Gasteiger partial charge in [-0.25, -0.2) is 9.99 Å².